The Hall–Kier alpha value is -0.590. The van der Waals surface area contributed by atoms with Crippen molar-refractivity contribution in [3.63, 3.8) is 0 Å². The molecule has 1 aliphatic carbocycles. The maximum Gasteiger partial charge on any atom is 0.260 e. The van der Waals surface area contributed by atoms with Gasteiger partial charge in [-0.05, 0) is 19.3 Å². The lowest BCUT2D eigenvalue weighted by molar-refractivity contribution is 0.219. The first kappa shape index (κ1) is 14.8. The van der Waals surface area contributed by atoms with Gasteiger partial charge in [0.15, 0.2) is 5.03 Å². The molecule has 0 bridgehead atoms. The van der Waals surface area contributed by atoms with Gasteiger partial charge in [-0.1, -0.05) is 13.3 Å². The predicted octanol–water partition coefficient (Wildman–Crippen LogP) is 2.14. The van der Waals surface area contributed by atoms with Gasteiger partial charge in [0.25, 0.3) is 10.0 Å². The van der Waals surface area contributed by atoms with Crippen molar-refractivity contribution in [3.05, 3.63) is 12.0 Å². The van der Waals surface area contributed by atoms with E-state index in [2.05, 4.69) is 9.97 Å². The van der Waals surface area contributed by atoms with Gasteiger partial charge in [0.2, 0.25) is 0 Å². The third kappa shape index (κ3) is 3.12. The van der Waals surface area contributed by atoms with E-state index in [0.717, 1.165) is 19.3 Å². The second-order valence-electron chi connectivity index (χ2n) is 4.79. The van der Waals surface area contributed by atoms with Gasteiger partial charge >= 0.3 is 0 Å². The fourth-order valence-corrected chi connectivity index (χ4v) is 3.95. The quantitative estimate of drug-likeness (QED) is 0.785. The van der Waals surface area contributed by atoms with Crippen LogP contribution in [0.25, 0.3) is 0 Å². The minimum absolute atomic E-state index is 0.126. The Labute approximate surface area is 119 Å². The number of H-pyrrole nitrogens is 1. The number of imidazole rings is 1. The number of sulfonamides is 1. The summed E-state index contributed by atoms with van der Waals surface area (Å²) in [7, 11) is -3.47. The fraction of sp³-hybridized carbons (Fsp3) is 0.750. The van der Waals surface area contributed by atoms with Gasteiger partial charge in [0.05, 0.1) is 6.20 Å². The van der Waals surface area contributed by atoms with E-state index in [0.29, 0.717) is 31.1 Å². The Morgan fingerprint density at radius 2 is 2.26 bits per heavy atom. The number of halogens is 1. The highest BCUT2D eigenvalue weighted by Crippen LogP contribution is 2.29. The van der Waals surface area contributed by atoms with Crippen LogP contribution in [0.4, 0.5) is 0 Å². The highest BCUT2D eigenvalue weighted by molar-refractivity contribution is 7.89. The topological polar surface area (TPSA) is 66.1 Å². The van der Waals surface area contributed by atoms with Gasteiger partial charge < -0.3 is 4.98 Å². The Kier molecular flexibility index (Phi) is 4.86. The molecule has 0 spiro atoms. The maximum atomic E-state index is 12.6. The van der Waals surface area contributed by atoms with E-state index in [1.54, 1.807) is 4.31 Å². The van der Waals surface area contributed by atoms with Crippen molar-refractivity contribution >= 4 is 21.6 Å². The maximum absolute atomic E-state index is 12.6. The molecule has 0 amide bonds. The molecule has 1 heterocycles. The molecular formula is C12H20ClN3O2S. The zero-order chi connectivity index (χ0) is 13.9. The number of alkyl halides is 1. The summed E-state index contributed by atoms with van der Waals surface area (Å²) in [5, 5.41) is 0.200. The van der Waals surface area contributed by atoms with Crippen molar-refractivity contribution in [1.82, 2.24) is 14.3 Å². The molecule has 108 valence electrons. The van der Waals surface area contributed by atoms with E-state index in [4.69, 9.17) is 11.6 Å². The van der Waals surface area contributed by atoms with Crippen LogP contribution in [0.1, 0.15) is 38.4 Å². The van der Waals surface area contributed by atoms with E-state index < -0.39 is 10.0 Å². The molecular weight excluding hydrogens is 286 g/mol. The van der Waals surface area contributed by atoms with Crippen molar-refractivity contribution < 1.29 is 8.42 Å². The average Bonchev–Trinajstić information content (AvgIpc) is 2.81. The molecule has 5 nitrogen and oxygen atoms in total. The molecule has 1 fully saturated rings. The van der Waals surface area contributed by atoms with Crippen LogP contribution in [0.2, 0.25) is 0 Å². The molecule has 2 rings (SSSR count). The molecule has 19 heavy (non-hydrogen) atoms. The van der Waals surface area contributed by atoms with Gasteiger partial charge in [-0.3, -0.25) is 0 Å². The number of hydrogen-bond donors (Lipinski definition) is 1. The molecule has 1 aliphatic rings. The molecule has 0 radical (unpaired) electrons. The first-order valence-corrected chi connectivity index (χ1v) is 8.68. The minimum atomic E-state index is -3.47. The fourth-order valence-electron chi connectivity index (χ4n) is 2.17. The molecule has 7 heteroatoms. The van der Waals surface area contributed by atoms with Crippen molar-refractivity contribution in [1.29, 1.82) is 0 Å². The van der Waals surface area contributed by atoms with Crippen LogP contribution in [-0.2, 0) is 16.4 Å². The van der Waals surface area contributed by atoms with Crippen molar-refractivity contribution in [2.75, 3.05) is 12.4 Å². The number of nitrogens with one attached hydrogen (secondary N) is 1. The largest absolute Gasteiger partial charge is 0.332 e. The average molecular weight is 306 g/mol. The van der Waals surface area contributed by atoms with Crippen LogP contribution >= 0.6 is 11.6 Å². The van der Waals surface area contributed by atoms with Crippen LogP contribution in [0.3, 0.4) is 0 Å². The van der Waals surface area contributed by atoms with Crippen molar-refractivity contribution in [3.8, 4) is 0 Å². The summed E-state index contributed by atoms with van der Waals surface area (Å²) in [4.78, 5) is 6.97. The number of aryl methyl sites for hydroxylation is 1. The SMILES string of the molecule is CCc1ncc(S(=O)(=O)N(CCCCl)C2CCC2)[nH]1. The highest BCUT2D eigenvalue weighted by atomic mass is 35.5. The highest BCUT2D eigenvalue weighted by Gasteiger charge is 2.35. The van der Waals surface area contributed by atoms with E-state index in [1.807, 2.05) is 6.92 Å². The molecule has 0 aliphatic heterocycles. The van der Waals surface area contributed by atoms with Gasteiger partial charge in [-0.2, -0.15) is 4.31 Å². The van der Waals surface area contributed by atoms with Crippen LogP contribution in [0.15, 0.2) is 11.2 Å². The van der Waals surface area contributed by atoms with E-state index >= 15 is 0 Å². The number of aromatic nitrogens is 2. The van der Waals surface area contributed by atoms with Crippen LogP contribution in [0, 0.1) is 0 Å². The summed E-state index contributed by atoms with van der Waals surface area (Å²) in [6.45, 7) is 2.42. The second-order valence-corrected chi connectivity index (χ2v) is 7.03. The Morgan fingerprint density at radius 3 is 2.74 bits per heavy atom. The molecule has 0 saturated heterocycles. The Bertz CT molecular complexity index is 511. The van der Waals surface area contributed by atoms with Gasteiger partial charge in [-0.15, -0.1) is 11.6 Å². The Morgan fingerprint density at radius 1 is 1.53 bits per heavy atom. The standard InChI is InChI=1S/C12H20ClN3O2S/c1-2-11-14-9-12(15-11)19(17,18)16(8-4-7-13)10-5-3-6-10/h9-10H,2-8H2,1H3,(H,14,15). The smallest absolute Gasteiger partial charge is 0.260 e. The summed E-state index contributed by atoms with van der Waals surface area (Å²) >= 11 is 5.69. The number of nitrogens with zero attached hydrogens (tertiary/aromatic N) is 2. The number of rotatable bonds is 7. The first-order chi connectivity index (χ1) is 9.09. The second kappa shape index (κ2) is 6.24. The molecule has 0 atom stereocenters. The Balaban J connectivity index is 2.22. The lowest BCUT2D eigenvalue weighted by Gasteiger charge is -2.36. The van der Waals surface area contributed by atoms with Crippen molar-refractivity contribution in [2.45, 2.75) is 50.1 Å². The minimum Gasteiger partial charge on any atom is -0.332 e. The van der Waals surface area contributed by atoms with Gasteiger partial charge in [0, 0.05) is 24.9 Å². The number of aromatic amines is 1. The molecule has 1 aromatic heterocycles. The normalized spacial score (nSPS) is 16.8. The molecule has 0 unspecified atom stereocenters. The van der Waals surface area contributed by atoms with Gasteiger partial charge in [-0.25, -0.2) is 13.4 Å². The molecule has 1 aromatic rings. The molecule has 0 aromatic carbocycles. The van der Waals surface area contributed by atoms with Crippen molar-refractivity contribution in [2.24, 2.45) is 0 Å². The molecule has 1 N–H and O–H groups in total. The summed E-state index contributed by atoms with van der Waals surface area (Å²) in [6, 6.07) is 0.126. The summed E-state index contributed by atoms with van der Waals surface area (Å²) in [6.07, 6.45) is 5.76. The lowest BCUT2D eigenvalue weighted by Crippen LogP contribution is -2.44. The zero-order valence-electron chi connectivity index (χ0n) is 11.1. The molecule has 1 saturated carbocycles. The first-order valence-electron chi connectivity index (χ1n) is 6.71. The third-order valence-electron chi connectivity index (χ3n) is 3.52. The summed E-state index contributed by atoms with van der Waals surface area (Å²) in [5.74, 6) is 1.17. The van der Waals surface area contributed by atoms with Crippen LogP contribution < -0.4 is 0 Å². The monoisotopic (exact) mass is 305 g/mol. The van der Waals surface area contributed by atoms with Gasteiger partial charge in [0.1, 0.15) is 5.82 Å². The van der Waals surface area contributed by atoms with E-state index in [9.17, 15) is 8.42 Å². The third-order valence-corrected chi connectivity index (χ3v) is 5.65. The number of hydrogen-bond acceptors (Lipinski definition) is 3. The summed E-state index contributed by atoms with van der Waals surface area (Å²) < 4.78 is 26.8. The van der Waals surface area contributed by atoms with E-state index in [1.165, 1.54) is 6.20 Å². The zero-order valence-corrected chi connectivity index (χ0v) is 12.7. The predicted molar refractivity (Wildman–Crippen MR) is 74.8 cm³/mol. The summed E-state index contributed by atoms with van der Waals surface area (Å²) in [5.41, 5.74) is 0. The van der Waals surface area contributed by atoms with E-state index in [-0.39, 0.29) is 11.1 Å². The van der Waals surface area contributed by atoms with Crippen LogP contribution in [0.5, 0.6) is 0 Å². The lowest BCUT2D eigenvalue weighted by atomic mass is 9.93. The van der Waals surface area contributed by atoms with Crippen LogP contribution in [-0.4, -0.2) is 41.2 Å².